The third-order valence-electron chi connectivity index (χ3n) is 5.62. The maximum atomic E-state index is 12.8. The maximum absolute atomic E-state index is 12.8. The van der Waals surface area contributed by atoms with Gasteiger partial charge in [-0.1, -0.05) is 19.8 Å². The number of carbonyl (C=O) groups excluding carboxylic acids is 2. The quantitative estimate of drug-likeness (QED) is 0.797. The van der Waals surface area contributed by atoms with Gasteiger partial charge in [-0.25, -0.2) is 0 Å². The number of hydrogen-bond acceptors (Lipinski definition) is 2. The van der Waals surface area contributed by atoms with Crippen LogP contribution in [0, 0.1) is 17.8 Å². The smallest absolute Gasteiger partial charge is 0.226 e. The molecular formula is C16H26N2O2. The number of fused-ring (bicyclic) bond motifs is 1. The first kappa shape index (κ1) is 13.9. The minimum atomic E-state index is -0.0697. The fourth-order valence-electron chi connectivity index (χ4n) is 4.42. The summed E-state index contributed by atoms with van der Waals surface area (Å²) in [5, 5.41) is 2.82. The summed E-state index contributed by atoms with van der Waals surface area (Å²) in [6.45, 7) is 3.91. The lowest BCUT2D eigenvalue weighted by molar-refractivity contribution is -0.146. The highest BCUT2D eigenvalue weighted by Gasteiger charge is 2.41. The van der Waals surface area contributed by atoms with Crippen LogP contribution in [-0.2, 0) is 9.59 Å². The molecule has 0 aromatic rings. The molecule has 0 unspecified atom stereocenters. The third kappa shape index (κ3) is 2.57. The molecular weight excluding hydrogens is 252 g/mol. The van der Waals surface area contributed by atoms with Crippen molar-refractivity contribution in [3.05, 3.63) is 0 Å². The second-order valence-corrected chi connectivity index (χ2v) is 6.85. The lowest BCUT2D eigenvalue weighted by atomic mass is 9.72. The Labute approximate surface area is 121 Å². The fourth-order valence-corrected chi connectivity index (χ4v) is 4.42. The molecule has 3 rings (SSSR count). The van der Waals surface area contributed by atoms with Crippen LogP contribution in [0.4, 0.5) is 0 Å². The predicted octanol–water partition coefficient (Wildman–Crippen LogP) is 1.94. The van der Waals surface area contributed by atoms with Crippen molar-refractivity contribution in [2.75, 3.05) is 13.1 Å². The minimum Gasteiger partial charge on any atom is -0.356 e. The number of rotatable bonds is 1. The van der Waals surface area contributed by atoms with Crippen molar-refractivity contribution in [2.45, 2.75) is 57.9 Å². The molecule has 2 aliphatic heterocycles. The van der Waals surface area contributed by atoms with Crippen LogP contribution in [0.2, 0.25) is 0 Å². The molecule has 1 aliphatic carbocycles. The van der Waals surface area contributed by atoms with Crippen molar-refractivity contribution < 1.29 is 9.59 Å². The normalized spacial score (nSPS) is 38.0. The van der Waals surface area contributed by atoms with Gasteiger partial charge in [0.25, 0.3) is 0 Å². The molecule has 1 N–H and O–H groups in total. The van der Waals surface area contributed by atoms with E-state index >= 15 is 0 Å². The van der Waals surface area contributed by atoms with Crippen molar-refractivity contribution in [2.24, 2.45) is 17.8 Å². The van der Waals surface area contributed by atoms with E-state index in [4.69, 9.17) is 0 Å². The summed E-state index contributed by atoms with van der Waals surface area (Å²) in [5.74, 6) is 1.67. The fraction of sp³-hybridized carbons (Fsp3) is 0.875. The average molecular weight is 278 g/mol. The number of hydrogen-bond donors (Lipinski definition) is 1. The first-order valence-corrected chi connectivity index (χ1v) is 8.24. The third-order valence-corrected chi connectivity index (χ3v) is 5.62. The molecule has 3 fully saturated rings. The molecule has 3 aliphatic rings. The van der Waals surface area contributed by atoms with Crippen LogP contribution in [0.5, 0.6) is 0 Å². The second-order valence-electron chi connectivity index (χ2n) is 6.85. The van der Waals surface area contributed by atoms with Gasteiger partial charge in [-0.15, -0.1) is 0 Å². The van der Waals surface area contributed by atoms with E-state index in [-0.39, 0.29) is 17.7 Å². The monoisotopic (exact) mass is 278 g/mol. The molecule has 4 heteroatoms. The number of likely N-dealkylation sites (tertiary alicyclic amines) is 1. The van der Waals surface area contributed by atoms with Crippen LogP contribution in [0.25, 0.3) is 0 Å². The van der Waals surface area contributed by atoms with E-state index in [0.717, 1.165) is 25.3 Å². The highest BCUT2D eigenvalue weighted by molar-refractivity contribution is 5.87. The summed E-state index contributed by atoms with van der Waals surface area (Å²) in [6, 6.07) is 0.449. The van der Waals surface area contributed by atoms with Gasteiger partial charge in [-0.05, 0) is 37.5 Å². The molecule has 0 spiro atoms. The Morgan fingerprint density at radius 3 is 2.80 bits per heavy atom. The van der Waals surface area contributed by atoms with Crippen molar-refractivity contribution in [3.63, 3.8) is 0 Å². The number of nitrogens with zero attached hydrogens (tertiary/aromatic N) is 1. The molecule has 20 heavy (non-hydrogen) atoms. The molecule has 112 valence electrons. The van der Waals surface area contributed by atoms with Crippen LogP contribution < -0.4 is 5.32 Å². The first-order valence-electron chi connectivity index (χ1n) is 8.24. The molecule has 0 radical (unpaired) electrons. The van der Waals surface area contributed by atoms with Gasteiger partial charge in [0.15, 0.2) is 0 Å². The molecule has 2 saturated heterocycles. The zero-order valence-corrected chi connectivity index (χ0v) is 12.4. The maximum Gasteiger partial charge on any atom is 0.226 e. The highest BCUT2D eigenvalue weighted by atomic mass is 16.2. The standard InChI is InChI=1S/C16H26N2O2/c1-11-7-9-18(14-5-3-2-4-13(11)14)16(20)12-6-8-17-15(19)10-12/h11-14H,2-10H2,1H3,(H,17,19)/t11-,12+,13+,14+/m0/s1. The zero-order valence-electron chi connectivity index (χ0n) is 12.4. The molecule has 2 heterocycles. The van der Waals surface area contributed by atoms with Gasteiger partial charge in [0.1, 0.15) is 0 Å². The van der Waals surface area contributed by atoms with Crippen LogP contribution in [0.3, 0.4) is 0 Å². The Morgan fingerprint density at radius 2 is 2.00 bits per heavy atom. The molecule has 1 saturated carbocycles. The Balaban J connectivity index is 1.71. The van der Waals surface area contributed by atoms with Crippen LogP contribution in [0.1, 0.15) is 51.9 Å². The average Bonchev–Trinajstić information content (AvgIpc) is 2.47. The largest absolute Gasteiger partial charge is 0.356 e. The lowest BCUT2D eigenvalue weighted by Crippen LogP contribution is -2.55. The Morgan fingerprint density at radius 1 is 1.20 bits per heavy atom. The van der Waals surface area contributed by atoms with Gasteiger partial charge in [0.05, 0.1) is 0 Å². The van der Waals surface area contributed by atoms with Gasteiger partial charge < -0.3 is 10.2 Å². The summed E-state index contributed by atoms with van der Waals surface area (Å²) in [6.07, 6.45) is 7.35. The van der Waals surface area contributed by atoms with Gasteiger partial charge in [0, 0.05) is 31.5 Å². The Kier molecular flexibility index (Phi) is 3.99. The van der Waals surface area contributed by atoms with Crippen LogP contribution >= 0.6 is 0 Å². The topological polar surface area (TPSA) is 49.4 Å². The van der Waals surface area contributed by atoms with Crippen molar-refractivity contribution in [3.8, 4) is 0 Å². The highest BCUT2D eigenvalue weighted by Crippen LogP contribution is 2.39. The van der Waals surface area contributed by atoms with Crippen LogP contribution in [-0.4, -0.2) is 35.8 Å². The van der Waals surface area contributed by atoms with Gasteiger partial charge in [0.2, 0.25) is 11.8 Å². The van der Waals surface area contributed by atoms with E-state index < -0.39 is 0 Å². The van der Waals surface area contributed by atoms with E-state index in [0.29, 0.717) is 24.9 Å². The lowest BCUT2D eigenvalue weighted by Gasteiger charge is -2.48. The summed E-state index contributed by atoms with van der Waals surface area (Å²) in [5.41, 5.74) is 0. The predicted molar refractivity (Wildman–Crippen MR) is 77.0 cm³/mol. The van der Waals surface area contributed by atoms with Gasteiger partial charge in [-0.3, -0.25) is 9.59 Å². The number of carbonyl (C=O) groups is 2. The molecule has 4 atom stereocenters. The second kappa shape index (κ2) is 5.74. The number of amides is 2. The van der Waals surface area contributed by atoms with Crippen LogP contribution in [0.15, 0.2) is 0 Å². The summed E-state index contributed by atoms with van der Waals surface area (Å²) in [4.78, 5) is 26.5. The van der Waals surface area contributed by atoms with E-state index in [1.165, 1.54) is 25.7 Å². The Bertz CT molecular complexity index is 396. The van der Waals surface area contributed by atoms with Crippen molar-refractivity contribution >= 4 is 11.8 Å². The van der Waals surface area contributed by atoms with E-state index in [9.17, 15) is 9.59 Å². The molecule has 0 aromatic carbocycles. The van der Waals surface area contributed by atoms with Gasteiger partial charge in [-0.2, -0.15) is 0 Å². The molecule has 0 bridgehead atoms. The first-order chi connectivity index (χ1) is 9.66. The summed E-state index contributed by atoms with van der Waals surface area (Å²) < 4.78 is 0. The SMILES string of the molecule is C[C@H]1CCN(C(=O)[C@@H]2CCNC(=O)C2)[C@@H]2CCCC[C@@H]21. The molecule has 0 aromatic heterocycles. The van der Waals surface area contributed by atoms with Gasteiger partial charge >= 0.3 is 0 Å². The summed E-state index contributed by atoms with van der Waals surface area (Å²) in [7, 11) is 0. The minimum absolute atomic E-state index is 0.0418. The van der Waals surface area contributed by atoms with E-state index in [1.807, 2.05) is 0 Å². The number of nitrogens with one attached hydrogen (secondary N) is 1. The van der Waals surface area contributed by atoms with Crippen molar-refractivity contribution in [1.29, 1.82) is 0 Å². The molecule has 4 nitrogen and oxygen atoms in total. The Hall–Kier alpha value is -1.06. The van der Waals surface area contributed by atoms with E-state index in [2.05, 4.69) is 17.1 Å². The molecule has 2 amide bonds. The van der Waals surface area contributed by atoms with E-state index in [1.54, 1.807) is 0 Å². The van der Waals surface area contributed by atoms with Crippen molar-refractivity contribution in [1.82, 2.24) is 10.2 Å². The number of piperidine rings is 2. The summed E-state index contributed by atoms with van der Waals surface area (Å²) >= 11 is 0. The zero-order chi connectivity index (χ0) is 14.1.